The number of ether oxygens (including phenoxy) is 1. The standard InChI is InChI=1S/C37H39N6O16P3/c1-41(2)23-8-12-27-30(17-23)57-31-18-24(42(3)4)9-13-28(31)33(27)29-16-21(7-11-26(29)36(45)46)35(44)39-15-5-6-22-19-43(37(47)40-34(22)38)32-14-10-25(56-32)20-55-61(51,52)59-62(53,54)58-60(48,49)50/h7-9,11-13,16-19,25,32H,10,14-15,20H2,1-4H3,(H7-,38,39,40,44,45,46,47,48,49,50,51,52,53,54)/p+1/t25-,32+/m0/s1. The predicted molar refractivity (Wildman–Crippen MR) is 222 cm³/mol. The van der Waals surface area contributed by atoms with Gasteiger partial charge in [-0.25, -0.2) is 27.9 Å². The van der Waals surface area contributed by atoms with E-state index in [-0.39, 0.29) is 47.5 Å². The van der Waals surface area contributed by atoms with Crippen molar-refractivity contribution in [2.45, 2.75) is 25.2 Å². The number of aromatic nitrogens is 2. The third kappa shape index (κ3) is 10.9. The third-order valence-corrected chi connectivity index (χ3v) is 13.1. The number of benzene rings is 3. The monoisotopic (exact) mass is 917 g/mol. The van der Waals surface area contributed by atoms with Crippen LogP contribution in [0.5, 0.6) is 0 Å². The minimum Gasteiger partial charge on any atom is -0.478 e. The second-order valence-electron chi connectivity index (χ2n) is 14.1. The van der Waals surface area contributed by atoms with Crippen LogP contribution in [0.4, 0.5) is 11.5 Å². The number of amides is 1. The van der Waals surface area contributed by atoms with Crippen molar-refractivity contribution in [2.24, 2.45) is 0 Å². The molecule has 0 bridgehead atoms. The first-order valence-corrected chi connectivity index (χ1v) is 22.7. The summed E-state index contributed by atoms with van der Waals surface area (Å²) in [6, 6.07) is 15.4. The largest absolute Gasteiger partial charge is 0.490 e. The number of carbonyl (C=O) groups excluding carboxylic acids is 1. The number of anilines is 2. The molecule has 0 radical (unpaired) electrons. The Morgan fingerprint density at radius 3 is 2.42 bits per heavy atom. The second kappa shape index (κ2) is 18.1. The first kappa shape index (κ1) is 46.0. The lowest BCUT2D eigenvalue weighted by molar-refractivity contribution is -0.0242. The van der Waals surface area contributed by atoms with E-state index in [1.807, 2.05) is 74.1 Å². The van der Waals surface area contributed by atoms with Gasteiger partial charge in [0.1, 0.15) is 37.5 Å². The van der Waals surface area contributed by atoms with E-state index in [9.17, 15) is 43.0 Å². The number of nitrogens with two attached hydrogens (primary N) is 1. The van der Waals surface area contributed by atoms with Crippen molar-refractivity contribution in [3.8, 4) is 34.3 Å². The van der Waals surface area contributed by atoms with Gasteiger partial charge in [-0.15, -0.1) is 0 Å². The number of fused-ring (bicyclic) bond motifs is 2. The molecule has 25 heteroatoms. The molecular formula is C37H40N6O16P3+. The highest BCUT2D eigenvalue weighted by Gasteiger charge is 2.41. The molecule has 22 nitrogen and oxygen atoms in total. The van der Waals surface area contributed by atoms with Gasteiger partial charge in [0.05, 0.1) is 36.4 Å². The Kier molecular flexibility index (Phi) is 13.4. The van der Waals surface area contributed by atoms with Crippen molar-refractivity contribution in [1.29, 1.82) is 0 Å². The Morgan fingerprint density at radius 1 is 1.00 bits per heavy atom. The first-order chi connectivity index (χ1) is 29.0. The molecule has 3 heterocycles. The summed E-state index contributed by atoms with van der Waals surface area (Å²) in [6.45, 7) is -0.930. The molecule has 1 fully saturated rings. The van der Waals surface area contributed by atoms with Gasteiger partial charge in [-0.3, -0.25) is 13.9 Å². The molecule has 2 aromatic carbocycles. The van der Waals surface area contributed by atoms with Crippen LogP contribution in [0.1, 0.15) is 45.3 Å². The molecule has 1 aliphatic carbocycles. The van der Waals surface area contributed by atoms with E-state index in [1.54, 1.807) is 0 Å². The molecule has 2 unspecified atom stereocenters. The first-order valence-electron chi connectivity index (χ1n) is 18.2. The predicted octanol–water partition coefficient (Wildman–Crippen LogP) is 2.94. The van der Waals surface area contributed by atoms with Crippen molar-refractivity contribution >= 4 is 57.8 Å². The molecule has 1 saturated heterocycles. The van der Waals surface area contributed by atoms with E-state index in [4.69, 9.17) is 24.7 Å². The van der Waals surface area contributed by atoms with E-state index < -0.39 is 60.0 Å². The van der Waals surface area contributed by atoms with Gasteiger partial charge < -0.3 is 49.8 Å². The van der Waals surface area contributed by atoms with Crippen LogP contribution in [0, 0.1) is 11.8 Å². The highest BCUT2D eigenvalue weighted by atomic mass is 31.3. The fourth-order valence-corrected chi connectivity index (χ4v) is 9.49. The number of nitrogens with zero attached hydrogens (tertiary/aromatic N) is 4. The minimum absolute atomic E-state index is 0.0431. The zero-order valence-corrected chi connectivity index (χ0v) is 35.9. The summed E-state index contributed by atoms with van der Waals surface area (Å²) >= 11 is 0. The van der Waals surface area contributed by atoms with E-state index in [2.05, 4.69) is 35.3 Å². The molecule has 3 aromatic rings. The minimum atomic E-state index is -5.72. The van der Waals surface area contributed by atoms with Gasteiger partial charge in [-0.1, -0.05) is 11.8 Å². The average Bonchev–Trinajstić information content (AvgIpc) is 3.65. The quantitative estimate of drug-likeness (QED) is 0.0386. The number of hydrogen-bond acceptors (Lipinski definition) is 14. The van der Waals surface area contributed by atoms with Gasteiger partial charge in [0.2, 0.25) is 5.36 Å². The van der Waals surface area contributed by atoms with Gasteiger partial charge >= 0.3 is 35.1 Å². The van der Waals surface area contributed by atoms with Gasteiger partial charge in [0.15, 0.2) is 0 Å². The zero-order chi connectivity index (χ0) is 45.3. The number of rotatable bonds is 13. The topological polar surface area (TPSA) is 316 Å². The Bertz CT molecular complexity index is 2910. The van der Waals surface area contributed by atoms with E-state index in [0.717, 1.165) is 15.6 Å². The second-order valence-corrected chi connectivity index (χ2v) is 18.5. The summed E-state index contributed by atoms with van der Waals surface area (Å²) in [5.41, 5.74) is 8.12. The maximum Gasteiger partial charge on any atom is 0.490 e. The number of nitrogen functional groups attached to an aromatic ring is 1. The van der Waals surface area contributed by atoms with Crippen LogP contribution in [0.15, 0.2) is 70.0 Å². The highest BCUT2D eigenvalue weighted by Crippen LogP contribution is 2.66. The van der Waals surface area contributed by atoms with Crippen LogP contribution in [-0.2, 0) is 31.6 Å². The normalized spacial score (nSPS) is 17.2. The molecule has 0 spiro atoms. The van der Waals surface area contributed by atoms with E-state index in [1.165, 1.54) is 24.4 Å². The number of carboxylic acid groups (broad SMARTS) is 1. The smallest absolute Gasteiger partial charge is 0.478 e. The zero-order valence-electron chi connectivity index (χ0n) is 33.2. The number of phosphoric acid groups is 3. The maximum atomic E-state index is 13.5. The maximum absolute atomic E-state index is 13.5. The molecule has 6 rings (SSSR count). The Morgan fingerprint density at radius 2 is 1.74 bits per heavy atom. The fourth-order valence-electron chi connectivity index (χ4n) is 6.44. The molecular weight excluding hydrogens is 877 g/mol. The van der Waals surface area contributed by atoms with Crippen molar-refractivity contribution in [3.05, 3.63) is 93.3 Å². The van der Waals surface area contributed by atoms with Gasteiger partial charge in [-0.2, -0.15) is 13.6 Å². The molecule has 62 heavy (non-hydrogen) atoms. The van der Waals surface area contributed by atoms with Gasteiger partial charge in [0, 0.05) is 60.2 Å². The van der Waals surface area contributed by atoms with Crippen LogP contribution in [0.2, 0.25) is 0 Å². The Hall–Kier alpha value is -5.52. The summed E-state index contributed by atoms with van der Waals surface area (Å²) in [4.78, 5) is 81.0. The molecule has 2 aliphatic heterocycles. The van der Waals surface area contributed by atoms with E-state index >= 15 is 0 Å². The van der Waals surface area contributed by atoms with Crippen LogP contribution in [0.25, 0.3) is 33.4 Å². The Labute approximate surface area is 351 Å². The number of hydrogen-bond donors (Lipinski definition) is 7. The molecule has 1 aromatic heterocycles. The average molecular weight is 918 g/mol. The van der Waals surface area contributed by atoms with Crippen molar-refractivity contribution in [1.82, 2.24) is 19.4 Å². The van der Waals surface area contributed by atoms with Crippen LogP contribution in [0.3, 0.4) is 0 Å². The summed E-state index contributed by atoms with van der Waals surface area (Å²) in [6.07, 6.45) is -0.411. The van der Waals surface area contributed by atoms with Crippen molar-refractivity contribution in [3.63, 3.8) is 0 Å². The van der Waals surface area contributed by atoms with Gasteiger partial charge in [0.25, 0.3) is 5.91 Å². The van der Waals surface area contributed by atoms with E-state index in [0.29, 0.717) is 27.9 Å². The highest BCUT2D eigenvalue weighted by molar-refractivity contribution is 7.66. The molecule has 328 valence electrons. The SMILES string of the molecule is CN(C)c1ccc2c(-c3cc(C(=O)NCC#Cc4cn([C@H]5CC[C@@H](COP(=O)(O)OP(=O)(O)OP(=O)(O)O)O5)c(=O)nc4N)ccc3C(=O)O)c3ccc(=[N+](C)C)cc-3oc2c1. The molecule has 0 saturated carbocycles. The summed E-state index contributed by atoms with van der Waals surface area (Å²) < 4.78 is 61.6. The number of phosphoric ester groups is 1. The van der Waals surface area contributed by atoms with Crippen LogP contribution < -0.4 is 31.6 Å². The number of carbonyl (C=O) groups is 2. The lowest BCUT2D eigenvalue weighted by Gasteiger charge is -2.19. The van der Waals surface area contributed by atoms with Gasteiger partial charge in [-0.05, 0) is 54.8 Å². The molecule has 1 amide bonds. The third-order valence-electron chi connectivity index (χ3n) is 9.28. The van der Waals surface area contributed by atoms with Crippen molar-refractivity contribution in [2.75, 3.05) is 52.0 Å². The summed E-state index contributed by atoms with van der Waals surface area (Å²) in [5, 5.41) is 14.5. The van der Waals surface area contributed by atoms with Crippen LogP contribution in [-0.4, -0.2) is 93.6 Å². The number of aromatic carboxylic acids is 1. The number of nitrogens with one attached hydrogen (secondary N) is 1. The lowest BCUT2D eigenvalue weighted by Crippen LogP contribution is -2.29. The Balaban J connectivity index is 1.19. The van der Waals surface area contributed by atoms with Crippen molar-refractivity contribution < 1.29 is 70.3 Å². The number of carboxylic acids is 1. The molecule has 3 aliphatic rings. The van der Waals surface area contributed by atoms with Crippen LogP contribution >= 0.6 is 23.5 Å². The lowest BCUT2D eigenvalue weighted by atomic mass is 9.89. The molecule has 4 atom stereocenters. The summed E-state index contributed by atoms with van der Waals surface area (Å²) in [7, 11) is -9.15. The fraction of sp³-hybridized carbons (Fsp3) is 0.270. The molecule has 8 N–H and O–H groups in total. The summed E-state index contributed by atoms with van der Waals surface area (Å²) in [5.74, 6) is 3.97.